The number of hydrogen-bond acceptors (Lipinski definition) is 7. The smallest absolute Gasteiger partial charge is 0.281 e. The van der Waals surface area contributed by atoms with Crippen molar-refractivity contribution < 1.29 is 13.2 Å². The SMILES string of the molecule is Cc1cccc(-c2ccc(C(=O)NS(=O)(=O)c3cccc(N)n3)c(N3CCC(C)C3(C)C)n2)c1C. The fraction of sp³-hybridized carbons (Fsp3) is 0.346. The van der Waals surface area contributed by atoms with Crippen molar-refractivity contribution in [3.8, 4) is 11.3 Å². The maximum Gasteiger partial charge on any atom is 0.281 e. The van der Waals surface area contributed by atoms with Crippen molar-refractivity contribution in [2.75, 3.05) is 17.2 Å². The first-order chi connectivity index (χ1) is 16.4. The maximum absolute atomic E-state index is 13.3. The van der Waals surface area contributed by atoms with Crippen LogP contribution in [0.4, 0.5) is 11.6 Å². The second-order valence-electron chi connectivity index (χ2n) is 9.65. The van der Waals surface area contributed by atoms with E-state index in [9.17, 15) is 13.2 Å². The molecule has 1 aliphatic heterocycles. The summed E-state index contributed by atoms with van der Waals surface area (Å²) in [6.07, 6.45) is 0.939. The van der Waals surface area contributed by atoms with E-state index in [2.05, 4.69) is 35.4 Å². The van der Waals surface area contributed by atoms with Crippen LogP contribution in [-0.4, -0.2) is 36.4 Å². The van der Waals surface area contributed by atoms with E-state index in [1.54, 1.807) is 12.1 Å². The molecule has 9 heteroatoms. The van der Waals surface area contributed by atoms with Crippen LogP contribution in [0.25, 0.3) is 11.3 Å². The number of pyridine rings is 2. The first kappa shape index (κ1) is 24.7. The summed E-state index contributed by atoms with van der Waals surface area (Å²) < 4.78 is 27.9. The van der Waals surface area contributed by atoms with Gasteiger partial charge in [-0.3, -0.25) is 4.79 Å². The van der Waals surface area contributed by atoms with Crippen molar-refractivity contribution in [1.29, 1.82) is 0 Å². The molecule has 0 spiro atoms. The number of carbonyl (C=O) groups excluding carboxylic acids is 1. The van der Waals surface area contributed by atoms with Gasteiger partial charge in [0.1, 0.15) is 11.6 Å². The lowest BCUT2D eigenvalue weighted by molar-refractivity contribution is 0.0981. The van der Waals surface area contributed by atoms with Crippen LogP contribution in [0.5, 0.6) is 0 Å². The van der Waals surface area contributed by atoms with Crippen molar-refractivity contribution >= 4 is 27.6 Å². The molecule has 184 valence electrons. The third-order valence-corrected chi connectivity index (χ3v) is 8.42. The fourth-order valence-electron chi connectivity index (χ4n) is 4.43. The van der Waals surface area contributed by atoms with Crippen LogP contribution >= 0.6 is 0 Å². The largest absolute Gasteiger partial charge is 0.384 e. The van der Waals surface area contributed by atoms with Gasteiger partial charge in [0.15, 0.2) is 5.03 Å². The lowest BCUT2D eigenvalue weighted by Gasteiger charge is -2.36. The molecular weight excluding hydrogens is 462 g/mol. The number of benzene rings is 1. The molecule has 0 radical (unpaired) electrons. The summed E-state index contributed by atoms with van der Waals surface area (Å²) in [7, 11) is -4.22. The van der Waals surface area contributed by atoms with Gasteiger partial charge in [0, 0.05) is 17.6 Å². The molecule has 3 aromatic rings. The molecule has 1 atom stereocenters. The Kier molecular flexibility index (Phi) is 6.31. The van der Waals surface area contributed by atoms with Crippen LogP contribution in [-0.2, 0) is 10.0 Å². The second-order valence-corrected chi connectivity index (χ2v) is 11.3. The number of nitrogen functional groups attached to an aromatic ring is 1. The summed E-state index contributed by atoms with van der Waals surface area (Å²) in [4.78, 5) is 24.2. The first-order valence-electron chi connectivity index (χ1n) is 11.6. The van der Waals surface area contributed by atoms with E-state index < -0.39 is 15.9 Å². The van der Waals surface area contributed by atoms with Gasteiger partial charge in [-0.25, -0.2) is 14.7 Å². The van der Waals surface area contributed by atoms with E-state index in [4.69, 9.17) is 10.7 Å². The molecule has 1 fully saturated rings. The zero-order valence-corrected chi connectivity index (χ0v) is 21.5. The maximum atomic E-state index is 13.3. The Labute approximate surface area is 206 Å². The lowest BCUT2D eigenvalue weighted by Crippen LogP contribution is -2.43. The average Bonchev–Trinajstić information content (AvgIpc) is 3.07. The predicted octanol–water partition coefficient (Wildman–Crippen LogP) is 4.09. The van der Waals surface area contributed by atoms with Gasteiger partial charge in [0.05, 0.1) is 11.3 Å². The standard InChI is InChI=1S/C26H31N5O3S/c1-16-8-6-9-19(18(16)3)21-13-12-20(24(28-21)31-15-14-17(2)26(31,4)5)25(32)30-35(33,34)23-11-7-10-22(27)29-23/h6-13,17H,14-15H2,1-5H3,(H2,27,29)(H,30,32). The normalized spacial score (nSPS) is 17.4. The molecular formula is C26H31N5O3S. The minimum atomic E-state index is -4.22. The minimum absolute atomic E-state index is 0.0494. The summed E-state index contributed by atoms with van der Waals surface area (Å²) in [6.45, 7) is 11.2. The molecule has 1 unspecified atom stereocenters. The predicted molar refractivity (Wildman–Crippen MR) is 138 cm³/mol. The van der Waals surface area contributed by atoms with Gasteiger partial charge in [-0.15, -0.1) is 0 Å². The Balaban J connectivity index is 1.80. The van der Waals surface area contributed by atoms with Gasteiger partial charge in [0.2, 0.25) is 0 Å². The summed E-state index contributed by atoms with van der Waals surface area (Å²) in [6, 6.07) is 13.7. The molecule has 3 N–H and O–H groups in total. The highest BCUT2D eigenvalue weighted by molar-refractivity contribution is 7.90. The highest BCUT2D eigenvalue weighted by Crippen LogP contribution is 2.39. The van der Waals surface area contributed by atoms with Gasteiger partial charge >= 0.3 is 0 Å². The van der Waals surface area contributed by atoms with Crippen molar-refractivity contribution in [2.24, 2.45) is 5.92 Å². The quantitative estimate of drug-likeness (QED) is 0.550. The number of hydrogen-bond donors (Lipinski definition) is 2. The number of anilines is 2. The van der Waals surface area contributed by atoms with Crippen LogP contribution in [0, 0.1) is 19.8 Å². The molecule has 4 rings (SSSR count). The van der Waals surface area contributed by atoms with Gasteiger partial charge < -0.3 is 10.6 Å². The van der Waals surface area contributed by atoms with Crippen LogP contribution < -0.4 is 15.4 Å². The summed E-state index contributed by atoms with van der Waals surface area (Å²) in [5.74, 6) is 0.115. The Morgan fingerprint density at radius 1 is 1.09 bits per heavy atom. The average molecular weight is 494 g/mol. The van der Waals surface area contributed by atoms with E-state index in [1.807, 2.05) is 32.0 Å². The van der Waals surface area contributed by atoms with Crippen LogP contribution in [0.15, 0.2) is 53.6 Å². The van der Waals surface area contributed by atoms with Crippen molar-refractivity contribution in [1.82, 2.24) is 14.7 Å². The Bertz CT molecular complexity index is 1400. The molecule has 0 bridgehead atoms. The summed E-state index contributed by atoms with van der Waals surface area (Å²) in [5, 5.41) is -0.317. The molecule has 3 heterocycles. The van der Waals surface area contributed by atoms with Crippen molar-refractivity contribution in [2.45, 2.75) is 51.6 Å². The molecule has 0 aliphatic carbocycles. The number of carbonyl (C=O) groups is 1. The van der Waals surface area contributed by atoms with Crippen molar-refractivity contribution in [3.05, 3.63) is 65.2 Å². The third kappa shape index (κ3) is 4.60. The summed E-state index contributed by atoms with van der Waals surface area (Å²) >= 11 is 0. The van der Waals surface area contributed by atoms with Gasteiger partial charge in [-0.2, -0.15) is 8.42 Å². The van der Waals surface area contributed by atoms with Gasteiger partial charge in [-0.1, -0.05) is 31.2 Å². The number of nitrogens with two attached hydrogens (primary N) is 1. The van der Waals surface area contributed by atoms with E-state index in [0.717, 1.165) is 28.8 Å². The first-order valence-corrected chi connectivity index (χ1v) is 13.0. The fourth-order valence-corrected chi connectivity index (χ4v) is 5.37. The molecule has 2 aromatic heterocycles. The van der Waals surface area contributed by atoms with E-state index in [-0.39, 0.29) is 21.9 Å². The Morgan fingerprint density at radius 2 is 1.80 bits per heavy atom. The van der Waals surface area contributed by atoms with E-state index in [0.29, 0.717) is 18.3 Å². The second kappa shape index (κ2) is 8.96. The number of aryl methyl sites for hydroxylation is 1. The monoisotopic (exact) mass is 493 g/mol. The molecule has 8 nitrogen and oxygen atoms in total. The van der Waals surface area contributed by atoms with E-state index >= 15 is 0 Å². The highest BCUT2D eigenvalue weighted by Gasteiger charge is 2.41. The zero-order chi connectivity index (χ0) is 25.5. The number of amides is 1. The number of sulfonamides is 1. The Hall–Kier alpha value is -3.46. The van der Waals surface area contributed by atoms with E-state index in [1.165, 1.54) is 18.2 Å². The van der Waals surface area contributed by atoms with Gasteiger partial charge in [-0.05, 0) is 75.4 Å². The number of aromatic nitrogens is 2. The number of nitrogens with one attached hydrogen (secondary N) is 1. The number of nitrogens with zero attached hydrogens (tertiary/aromatic N) is 3. The summed E-state index contributed by atoms with van der Waals surface area (Å²) in [5.41, 5.74) is 9.51. The molecule has 1 aliphatic rings. The van der Waals surface area contributed by atoms with Crippen LogP contribution in [0.3, 0.4) is 0 Å². The van der Waals surface area contributed by atoms with Crippen molar-refractivity contribution in [3.63, 3.8) is 0 Å². The number of rotatable bonds is 5. The lowest BCUT2D eigenvalue weighted by atomic mass is 9.90. The molecule has 0 saturated carbocycles. The molecule has 1 aromatic carbocycles. The van der Waals surface area contributed by atoms with Gasteiger partial charge in [0.25, 0.3) is 15.9 Å². The van der Waals surface area contributed by atoms with Crippen LogP contribution in [0.1, 0.15) is 48.7 Å². The highest BCUT2D eigenvalue weighted by atomic mass is 32.2. The topological polar surface area (TPSA) is 118 Å². The molecule has 35 heavy (non-hydrogen) atoms. The zero-order valence-electron chi connectivity index (χ0n) is 20.7. The third-order valence-electron chi connectivity index (χ3n) is 7.19. The Morgan fingerprint density at radius 3 is 2.46 bits per heavy atom. The van der Waals surface area contributed by atoms with Crippen LogP contribution in [0.2, 0.25) is 0 Å². The molecule has 1 saturated heterocycles. The molecule has 1 amide bonds. The minimum Gasteiger partial charge on any atom is -0.384 e.